The molecule has 1 aromatic carbocycles. The second kappa shape index (κ2) is 7.14. The highest BCUT2D eigenvalue weighted by Crippen LogP contribution is 2.27. The van der Waals surface area contributed by atoms with E-state index in [1.165, 1.54) is 6.42 Å². The van der Waals surface area contributed by atoms with Gasteiger partial charge >= 0.3 is 0 Å². The average molecular weight is 354 g/mol. The van der Waals surface area contributed by atoms with Gasteiger partial charge in [-0.1, -0.05) is 12.1 Å². The largest absolute Gasteiger partial charge is 0.461 e. The van der Waals surface area contributed by atoms with E-state index < -0.39 is 0 Å². The summed E-state index contributed by atoms with van der Waals surface area (Å²) in [6.45, 7) is 4.97. The third-order valence-corrected chi connectivity index (χ3v) is 5.70. The molecule has 2 saturated heterocycles. The average Bonchev–Trinajstić information content (AvgIpc) is 3.08. The van der Waals surface area contributed by atoms with Crippen LogP contribution in [0.2, 0.25) is 0 Å². The Hall–Kier alpha value is -2.30. The number of hydrogen-bond acceptors (Lipinski definition) is 3. The van der Waals surface area contributed by atoms with Gasteiger partial charge in [-0.05, 0) is 51.2 Å². The molecular weight excluding hydrogens is 328 g/mol. The highest BCUT2D eigenvalue weighted by atomic mass is 16.3. The Bertz CT molecular complexity index is 812. The Balaban J connectivity index is 1.42. The molecule has 0 radical (unpaired) electrons. The summed E-state index contributed by atoms with van der Waals surface area (Å²) in [6.07, 6.45) is 4.99. The van der Waals surface area contributed by atoms with Gasteiger partial charge in [0.15, 0.2) is 0 Å². The van der Waals surface area contributed by atoms with Crippen LogP contribution in [0.5, 0.6) is 0 Å². The Morgan fingerprint density at radius 3 is 2.46 bits per heavy atom. The van der Waals surface area contributed by atoms with Crippen LogP contribution < -0.4 is 0 Å². The van der Waals surface area contributed by atoms with Crippen molar-refractivity contribution in [1.82, 2.24) is 9.80 Å². The van der Waals surface area contributed by atoms with Crippen molar-refractivity contribution in [3.8, 4) is 0 Å². The number of para-hydroxylation sites is 1. The third-order valence-electron chi connectivity index (χ3n) is 5.70. The summed E-state index contributed by atoms with van der Waals surface area (Å²) in [6, 6.07) is 7.65. The number of fused-ring (bicyclic) bond motifs is 1. The van der Waals surface area contributed by atoms with Gasteiger partial charge < -0.3 is 14.2 Å². The zero-order valence-corrected chi connectivity index (χ0v) is 15.4. The molecule has 2 aromatic rings. The number of aryl methyl sites for hydroxylation is 1. The molecule has 3 heterocycles. The van der Waals surface area contributed by atoms with Crippen LogP contribution in [0.1, 0.15) is 48.2 Å². The quantitative estimate of drug-likeness (QED) is 0.828. The zero-order valence-electron chi connectivity index (χ0n) is 15.4. The van der Waals surface area contributed by atoms with Gasteiger partial charge in [-0.15, -0.1) is 0 Å². The van der Waals surface area contributed by atoms with Crippen molar-refractivity contribution in [2.24, 2.45) is 5.92 Å². The van der Waals surface area contributed by atoms with Crippen molar-refractivity contribution in [1.29, 1.82) is 0 Å². The summed E-state index contributed by atoms with van der Waals surface area (Å²) in [5, 5.41) is 0.962. The van der Waals surface area contributed by atoms with Gasteiger partial charge in [0.1, 0.15) is 11.3 Å². The number of hydrogen-bond donors (Lipinski definition) is 0. The maximum atomic E-state index is 13.0. The predicted molar refractivity (Wildman–Crippen MR) is 100 cm³/mol. The normalized spacial score (nSPS) is 19.1. The summed E-state index contributed by atoms with van der Waals surface area (Å²) in [5.41, 5.74) is 1.29. The van der Waals surface area contributed by atoms with Crippen LogP contribution in [-0.4, -0.2) is 47.8 Å². The van der Waals surface area contributed by atoms with E-state index in [-0.39, 0.29) is 11.8 Å². The van der Waals surface area contributed by atoms with Crippen molar-refractivity contribution >= 4 is 22.8 Å². The van der Waals surface area contributed by atoms with Crippen LogP contribution >= 0.6 is 0 Å². The van der Waals surface area contributed by atoms with E-state index in [9.17, 15) is 9.59 Å². The van der Waals surface area contributed by atoms with Gasteiger partial charge in [-0.25, -0.2) is 0 Å². The molecule has 2 amide bonds. The van der Waals surface area contributed by atoms with Gasteiger partial charge in [-0.3, -0.25) is 9.59 Å². The number of likely N-dealkylation sites (tertiary alicyclic amines) is 2. The minimum atomic E-state index is 0.00817. The summed E-state index contributed by atoms with van der Waals surface area (Å²) in [4.78, 5) is 29.5. The first-order chi connectivity index (χ1) is 12.6. The topological polar surface area (TPSA) is 53.8 Å². The molecule has 2 fully saturated rings. The zero-order chi connectivity index (χ0) is 18.1. The van der Waals surface area contributed by atoms with Crippen molar-refractivity contribution in [3.05, 3.63) is 35.6 Å². The lowest BCUT2D eigenvalue weighted by molar-refractivity contribution is -0.137. The van der Waals surface area contributed by atoms with E-state index in [1.54, 1.807) is 0 Å². The lowest BCUT2D eigenvalue weighted by atomic mass is 9.94. The number of piperidine rings is 2. The molecule has 0 N–H and O–H groups in total. The molecule has 138 valence electrons. The molecule has 0 spiro atoms. The number of carbonyl (C=O) groups is 2. The lowest BCUT2D eigenvalue weighted by Gasteiger charge is -2.35. The Morgan fingerprint density at radius 1 is 1.00 bits per heavy atom. The molecule has 0 atom stereocenters. The predicted octanol–water partition coefficient (Wildman–Crippen LogP) is 3.61. The highest BCUT2D eigenvalue weighted by Gasteiger charge is 2.31. The lowest BCUT2D eigenvalue weighted by Crippen LogP contribution is -2.45. The van der Waals surface area contributed by atoms with Crippen molar-refractivity contribution in [2.75, 3.05) is 26.2 Å². The molecule has 4 rings (SSSR count). The number of carbonyl (C=O) groups excluding carboxylic acids is 2. The van der Waals surface area contributed by atoms with E-state index in [0.29, 0.717) is 30.1 Å². The minimum Gasteiger partial charge on any atom is -0.461 e. The van der Waals surface area contributed by atoms with Crippen LogP contribution in [-0.2, 0) is 4.79 Å². The molecule has 26 heavy (non-hydrogen) atoms. The summed E-state index contributed by atoms with van der Waals surface area (Å²) in [5.74, 6) is 1.18. The summed E-state index contributed by atoms with van der Waals surface area (Å²) < 4.78 is 5.74. The van der Waals surface area contributed by atoms with E-state index >= 15 is 0 Å². The molecule has 0 bridgehead atoms. The Kier molecular flexibility index (Phi) is 4.70. The van der Waals surface area contributed by atoms with E-state index in [2.05, 4.69) is 0 Å². The van der Waals surface area contributed by atoms with E-state index in [4.69, 9.17) is 4.42 Å². The first-order valence-corrected chi connectivity index (χ1v) is 9.71. The van der Waals surface area contributed by atoms with Gasteiger partial charge in [0.05, 0.1) is 5.56 Å². The fraction of sp³-hybridized carbons (Fsp3) is 0.524. The molecular formula is C21H26N2O3. The number of rotatable bonds is 2. The minimum absolute atomic E-state index is 0.00817. The second-order valence-electron chi connectivity index (χ2n) is 7.53. The van der Waals surface area contributed by atoms with Crippen LogP contribution in [0.25, 0.3) is 11.0 Å². The SMILES string of the molecule is Cc1cc2cccc(C(=O)N3CCC(C(=O)N4CCCCC4)CC3)c2o1. The highest BCUT2D eigenvalue weighted by molar-refractivity contribution is 6.05. The second-order valence-corrected chi connectivity index (χ2v) is 7.53. The summed E-state index contributed by atoms with van der Waals surface area (Å²) >= 11 is 0. The smallest absolute Gasteiger partial charge is 0.257 e. The van der Waals surface area contributed by atoms with Crippen LogP contribution in [0.3, 0.4) is 0 Å². The molecule has 2 aliphatic heterocycles. The van der Waals surface area contributed by atoms with Crippen LogP contribution in [0, 0.1) is 12.8 Å². The monoisotopic (exact) mass is 354 g/mol. The fourth-order valence-corrected chi connectivity index (χ4v) is 4.23. The van der Waals surface area contributed by atoms with Crippen LogP contribution in [0.4, 0.5) is 0 Å². The molecule has 0 unspecified atom stereocenters. The van der Waals surface area contributed by atoms with E-state index in [1.807, 2.05) is 41.0 Å². The maximum Gasteiger partial charge on any atom is 0.257 e. The number of nitrogens with zero attached hydrogens (tertiary/aromatic N) is 2. The Labute approximate surface area is 153 Å². The van der Waals surface area contributed by atoms with Crippen molar-refractivity contribution in [2.45, 2.75) is 39.0 Å². The van der Waals surface area contributed by atoms with Gasteiger partial charge in [0.2, 0.25) is 5.91 Å². The third kappa shape index (κ3) is 3.22. The Morgan fingerprint density at radius 2 is 1.73 bits per heavy atom. The number of benzene rings is 1. The summed E-state index contributed by atoms with van der Waals surface area (Å²) in [7, 11) is 0. The van der Waals surface area contributed by atoms with E-state index in [0.717, 1.165) is 49.9 Å². The van der Waals surface area contributed by atoms with Gasteiger partial charge in [0.25, 0.3) is 5.91 Å². The first kappa shape index (κ1) is 17.1. The van der Waals surface area contributed by atoms with Crippen molar-refractivity contribution in [3.63, 3.8) is 0 Å². The standard InChI is InChI=1S/C21H26N2O3/c1-15-14-17-6-5-7-18(19(17)26-15)21(25)23-12-8-16(9-13-23)20(24)22-10-3-2-4-11-22/h5-7,14,16H,2-4,8-13H2,1H3. The van der Waals surface area contributed by atoms with Crippen molar-refractivity contribution < 1.29 is 14.0 Å². The maximum absolute atomic E-state index is 13.0. The molecule has 2 aliphatic rings. The molecule has 5 heteroatoms. The van der Waals surface area contributed by atoms with Crippen LogP contribution in [0.15, 0.2) is 28.7 Å². The van der Waals surface area contributed by atoms with Gasteiger partial charge in [-0.2, -0.15) is 0 Å². The molecule has 0 aliphatic carbocycles. The molecule has 5 nitrogen and oxygen atoms in total. The fourth-order valence-electron chi connectivity index (χ4n) is 4.23. The van der Waals surface area contributed by atoms with Gasteiger partial charge in [0, 0.05) is 37.5 Å². The first-order valence-electron chi connectivity index (χ1n) is 9.71. The molecule has 0 saturated carbocycles. The molecule has 1 aromatic heterocycles. The number of amides is 2. The number of furan rings is 1.